The van der Waals surface area contributed by atoms with Crippen molar-refractivity contribution >= 4 is 57.3 Å². The lowest BCUT2D eigenvalue weighted by Gasteiger charge is -2.16. The molecule has 0 radical (unpaired) electrons. The molecule has 8 aromatic carbocycles. The maximum absolute atomic E-state index is 14.5. The van der Waals surface area contributed by atoms with Gasteiger partial charge in [0.25, 0.3) is 23.6 Å². The first-order valence-corrected chi connectivity index (χ1v) is 25.6. The first-order valence-electron chi connectivity index (χ1n) is 25.6. The van der Waals surface area contributed by atoms with E-state index in [0.717, 1.165) is 72.3 Å². The molecule has 2 aliphatic heterocycles. The summed E-state index contributed by atoms with van der Waals surface area (Å²) in [7, 11) is 0. The van der Waals surface area contributed by atoms with Crippen molar-refractivity contribution < 1.29 is 39.0 Å². The van der Waals surface area contributed by atoms with Crippen LogP contribution in [0.25, 0.3) is 10.8 Å². The number of rotatable bonds is 8. The van der Waals surface area contributed by atoms with Crippen LogP contribution in [0.3, 0.4) is 0 Å². The zero-order chi connectivity index (χ0) is 52.2. The van der Waals surface area contributed by atoms with Crippen LogP contribution in [0.15, 0.2) is 158 Å². The van der Waals surface area contributed by atoms with Gasteiger partial charge < -0.3 is 10.2 Å². The number of nitrogens with zero attached hydrogens (tertiary/aromatic N) is 2. The van der Waals surface area contributed by atoms with E-state index in [4.69, 9.17) is 0 Å². The number of hydrogen-bond donors (Lipinski definition) is 2. The second-order valence-corrected chi connectivity index (χ2v) is 19.8. The number of amides is 4. The number of hydrogen-bond acceptors (Lipinski definition) is 8. The zero-order valence-corrected chi connectivity index (χ0v) is 41.1. The van der Waals surface area contributed by atoms with Gasteiger partial charge in [-0.05, 0) is 108 Å². The van der Waals surface area contributed by atoms with Crippen LogP contribution in [0, 0.1) is 23.7 Å². The Kier molecular flexibility index (Phi) is 12.0. The molecule has 0 saturated heterocycles. The number of imide groups is 2. The van der Waals surface area contributed by atoms with Crippen LogP contribution in [0.1, 0.15) is 170 Å². The summed E-state index contributed by atoms with van der Waals surface area (Å²) in [5.74, 6) is 8.18. The molecule has 2 heterocycles. The van der Waals surface area contributed by atoms with Crippen LogP contribution < -0.4 is 9.80 Å². The number of ketones is 2. The third-order valence-electron chi connectivity index (χ3n) is 15.4. The van der Waals surface area contributed by atoms with E-state index in [1.165, 1.54) is 12.1 Å². The van der Waals surface area contributed by atoms with Crippen molar-refractivity contribution in [2.24, 2.45) is 0 Å². The Morgan fingerprint density at radius 2 is 0.724 bits per heavy atom. The van der Waals surface area contributed by atoms with Crippen LogP contribution in [-0.2, 0) is 0 Å². The van der Waals surface area contributed by atoms with E-state index in [1.807, 2.05) is 48.5 Å². The minimum atomic E-state index is -0.770. The second-order valence-electron chi connectivity index (χ2n) is 19.8. The number of anilines is 2. The molecule has 2 aliphatic carbocycles. The number of aromatic hydroxyl groups is 2. The molecule has 4 amide bonds. The molecule has 2 saturated carbocycles. The third-order valence-corrected chi connectivity index (χ3v) is 15.4. The highest BCUT2D eigenvalue weighted by Crippen LogP contribution is 2.43. The minimum absolute atomic E-state index is 0.0727. The molecule has 0 bridgehead atoms. The fourth-order valence-corrected chi connectivity index (χ4v) is 11.4. The molecule has 0 unspecified atom stereocenters. The maximum Gasteiger partial charge on any atom is 0.269 e. The summed E-state index contributed by atoms with van der Waals surface area (Å²) in [6.07, 6.45) is 8.91. The summed E-state index contributed by atoms with van der Waals surface area (Å²) in [5, 5.41) is 24.8. The number of fused-ring (bicyclic) bond motifs is 3. The maximum atomic E-state index is 14.5. The van der Waals surface area contributed by atoms with Gasteiger partial charge in [0.1, 0.15) is 11.5 Å². The molecule has 76 heavy (non-hydrogen) atoms. The quantitative estimate of drug-likeness (QED) is 0.0868. The SMILES string of the molecule is O=C(c1ccccc1)c1cc(C#Cc2ccc(C#Cc3cc(C(=O)c4ccccc4)c(O)c4c3C(=O)N(c3ccc(C5CCCC5)cc3)C4=O)c3ccccc23)c2c(c1O)C(=O)N(c1ccc(C3CCCC3)cc1)C2=O. The second kappa shape index (κ2) is 19.3. The number of benzene rings is 8. The Hall–Kier alpha value is -9.64. The van der Waals surface area contributed by atoms with Gasteiger partial charge in [-0.25, -0.2) is 9.80 Å². The van der Waals surface area contributed by atoms with E-state index in [2.05, 4.69) is 23.7 Å². The number of carbonyl (C=O) groups is 6. The van der Waals surface area contributed by atoms with Crippen molar-refractivity contribution in [2.45, 2.75) is 63.2 Å². The monoisotopic (exact) mass is 994 g/mol. The van der Waals surface area contributed by atoms with Gasteiger partial charge in [0.15, 0.2) is 11.6 Å². The highest BCUT2D eigenvalue weighted by atomic mass is 16.3. The Labute approximate surface area is 438 Å². The number of phenols is 2. The van der Waals surface area contributed by atoms with E-state index < -0.39 is 46.7 Å². The molecule has 10 nitrogen and oxygen atoms in total. The van der Waals surface area contributed by atoms with Gasteiger partial charge in [0.2, 0.25) is 0 Å². The Morgan fingerprint density at radius 3 is 1.09 bits per heavy atom. The van der Waals surface area contributed by atoms with Gasteiger partial charge in [-0.2, -0.15) is 0 Å². The molecular formula is C66H46N2O8. The van der Waals surface area contributed by atoms with E-state index in [0.29, 0.717) is 45.1 Å². The Balaban J connectivity index is 0.938. The average Bonchev–Trinajstić information content (AvgIpc) is 4.40. The highest BCUT2D eigenvalue weighted by molar-refractivity contribution is 6.38. The van der Waals surface area contributed by atoms with Gasteiger partial charge in [-0.1, -0.05) is 159 Å². The Bertz CT molecular complexity index is 3660. The van der Waals surface area contributed by atoms with Gasteiger partial charge in [-0.3, -0.25) is 28.8 Å². The van der Waals surface area contributed by atoms with E-state index in [9.17, 15) is 39.0 Å². The van der Waals surface area contributed by atoms with Crippen molar-refractivity contribution in [2.75, 3.05) is 9.80 Å². The smallest absolute Gasteiger partial charge is 0.269 e. The Morgan fingerprint density at radius 1 is 0.395 bits per heavy atom. The van der Waals surface area contributed by atoms with Crippen LogP contribution in [0.2, 0.25) is 0 Å². The van der Waals surface area contributed by atoms with Gasteiger partial charge in [0.05, 0.1) is 44.8 Å². The molecule has 0 atom stereocenters. The molecular weight excluding hydrogens is 949 g/mol. The predicted molar refractivity (Wildman–Crippen MR) is 289 cm³/mol. The fourth-order valence-electron chi connectivity index (χ4n) is 11.4. The summed E-state index contributed by atoms with van der Waals surface area (Å²) in [5.41, 5.74) is 3.41. The zero-order valence-electron chi connectivity index (χ0n) is 41.1. The topological polar surface area (TPSA) is 149 Å². The molecule has 8 aromatic rings. The predicted octanol–water partition coefficient (Wildman–Crippen LogP) is 12.4. The molecule has 2 N–H and O–H groups in total. The molecule has 10 heteroatoms. The van der Waals surface area contributed by atoms with Crippen LogP contribution in [0.5, 0.6) is 11.5 Å². The minimum Gasteiger partial charge on any atom is -0.506 e. The standard InChI is InChI=1S/C66H46N2O8/c69-59(45-17-3-1-4-18-45)53-37-47(55-57(61(53)71)65(75)67(63(55)73)49-33-29-41(30-34-49)39-13-7-8-14-39)27-25-43-23-24-44(52-22-12-11-21-51(43)52)26-28-48-38-54(60(70)46-19-5-2-6-20-46)62(72)58-56(48)64(74)68(66(58)76)50-35-31-42(32-36-50)40-15-9-10-16-40/h1-6,11-12,17-24,29-40,71-72H,7-10,13-16H2. The third kappa shape index (κ3) is 8.12. The summed E-state index contributed by atoms with van der Waals surface area (Å²) in [6.45, 7) is 0. The van der Waals surface area contributed by atoms with E-state index in [-0.39, 0.29) is 55.6 Å². The van der Waals surface area contributed by atoms with Crippen molar-refractivity contribution in [1.82, 2.24) is 0 Å². The molecule has 368 valence electrons. The summed E-state index contributed by atoms with van der Waals surface area (Å²) >= 11 is 0. The molecule has 0 spiro atoms. The molecule has 0 aromatic heterocycles. The van der Waals surface area contributed by atoms with E-state index in [1.54, 1.807) is 97.1 Å². The highest BCUT2D eigenvalue weighted by Gasteiger charge is 2.44. The van der Waals surface area contributed by atoms with Crippen molar-refractivity contribution in [3.8, 4) is 35.2 Å². The van der Waals surface area contributed by atoms with Crippen molar-refractivity contribution in [1.29, 1.82) is 0 Å². The largest absolute Gasteiger partial charge is 0.506 e. The van der Waals surface area contributed by atoms with Crippen molar-refractivity contribution in [3.63, 3.8) is 0 Å². The van der Waals surface area contributed by atoms with Gasteiger partial charge in [-0.15, -0.1) is 0 Å². The van der Waals surface area contributed by atoms with Crippen LogP contribution in [0.4, 0.5) is 11.4 Å². The summed E-state index contributed by atoms with van der Waals surface area (Å²) < 4.78 is 0. The van der Waals surface area contributed by atoms with E-state index >= 15 is 0 Å². The number of phenolic OH excluding ortho intramolecular Hbond substituents is 2. The molecule has 12 rings (SSSR count). The fraction of sp³-hybridized carbons (Fsp3) is 0.152. The summed E-state index contributed by atoms with van der Waals surface area (Å²) in [6, 6.07) is 44.9. The van der Waals surface area contributed by atoms with Gasteiger partial charge in [0, 0.05) is 33.4 Å². The lowest BCUT2D eigenvalue weighted by Crippen LogP contribution is -2.29. The normalized spacial score (nSPS) is 15.2. The summed E-state index contributed by atoms with van der Waals surface area (Å²) in [4.78, 5) is 87.8. The molecule has 2 fully saturated rings. The first kappa shape index (κ1) is 47.4. The average molecular weight is 995 g/mol. The van der Waals surface area contributed by atoms with Crippen LogP contribution >= 0.6 is 0 Å². The lowest BCUT2D eigenvalue weighted by atomic mass is 9.92. The number of carbonyl (C=O) groups excluding carboxylic acids is 6. The van der Waals surface area contributed by atoms with Gasteiger partial charge >= 0.3 is 0 Å². The van der Waals surface area contributed by atoms with Crippen molar-refractivity contribution in [3.05, 3.63) is 236 Å². The lowest BCUT2D eigenvalue weighted by molar-refractivity contribution is 0.0909. The first-order chi connectivity index (χ1) is 37.0. The van der Waals surface area contributed by atoms with Crippen LogP contribution in [-0.4, -0.2) is 45.4 Å². The molecule has 4 aliphatic rings.